The molecule has 3 aromatic rings. The molecule has 0 unspecified atom stereocenters. The smallest absolute Gasteiger partial charge is 0.379 e. The first-order valence-electron chi connectivity index (χ1n) is 11.3. The lowest BCUT2D eigenvalue weighted by atomic mass is 10.1. The Morgan fingerprint density at radius 1 is 0.848 bits per heavy atom. The van der Waals surface area contributed by atoms with Crippen molar-refractivity contribution in [2.75, 3.05) is 39.4 Å². The number of hydrogen-bond acceptors (Lipinski definition) is 3. The van der Waals surface area contributed by atoms with E-state index in [-0.39, 0.29) is 0 Å². The summed E-state index contributed by atoms with van der Waals surface area (Å²) >= 11 is 0. The summed E-state index contributed by atoms with van der Waals surface area (Å²) in [6, 6.07) is 20.0. The van der Waals surface area contributed by atoms with Crippen LogP contribution in [0, 0.1) is 0 Å². The molecule has 0 aliphatic carbocycles. The molecule has 0 N–H and O–H groups in total. The van der Waals surface area contributed by atoms with Crippen LogP contribution >= 0.6 is 0 Å². The first-order chi connectivity index (χ1) is 16.0. The molecule has 0 saturated carbocycles. The zero-order chi connectivity index (χ0) is 23.1. The highest BCUT2D eigenvalue weighted by molar-refractivity contribution is 5.26. The minimum atomic E-state index is -4.33. The van der Waals surface area contributed by atoms with Crippen LogP contribution in [0.5, 0.6) is 0 Å². The molecule has 2 heterocycles. The number of halogens is 3. The molecule has 0 atom stereocenters. The van der Waals surface area contributed by atoms with E-state index in [1.54, 1.807) is 6.07 Å². The van der Waals surface area contributed by atoms with Crippen LogP contribution in [0.4, 0.5) is 13.2 Å². The van der Waals surface area contributed by atoms with Crippen molar-refractivity contribution < 1.29 is 17.9 Å². The second-order valence-corrected chi connectivity index (χ2v) is 8.48. The van der Waals surface area contributed by atoms with E-state index in [4.69, 9.17) is 4.74 Å². The van der Waals surface area contributed by atoms with Gasteiger partial charge in [0.25, 0.3) is 0 Å². The van der Waals surface area contributed by atoms with Gasteiger partial charge < -0.3 is 9.30 Å². The maximum absolute atomic E-state index is 13.1. The van der Waals surface area contributed by atoms with Crippen molar-refractivity contribution in [1.82, 2.24) is 14.4 Å². The number of aromatic nitrogens is 1. The van der Waals surface area contributed by atoms with Crippen LogP contribution in [-0.4, -0.2) is 53.8 Å². The van der Waals surface area contributed by atoms with Gasteiger partial charge in [0, 0.05) is 57.7 Å². The van der Waals surface area contributed by atoms with Gasteiger partial charge in [-0.3, -0.25) is 9.80 Å². The number of alkyl halides is 3. The fourth-order valence-electron chi connectivity index (χ4n) is 4.18. The molecule has 7 heteroatoms. The number of benzene rings is 2. The molecule has 0 amide bonds. The third kappa shape index (κ3) is 6.93. The summed E-state index contributed by atoms with van der Waals surface area (Å²) in [4.78, 5) is 4.83. The quantitative estimate of drug-likeness (QED) is 0.457. The normalized spacial score (nSPS) is 15.3. The Balaban J connectivity index is 1.46. The van der Waals surface area contributed by atoms with E-state index in [1.165, 1.54) is 17.7 Å². The van der Waals surface area contributed by atoms with Crippen molar-refractivity contribution in [1.29, 1.82) is 0 Å². The minimum absolute atomic E-state index is 0.412. The molecular weight excluding hydrogens is 427 g/mol. The largest absolute Gasteiger partial charge is 0.416 e. The molecule has 1 aliphatic heterocycles. The molecular formula is C26H30F3N3O. The van der Waals surface area contributed by atoms with Crippen molar-refractivity contribution in [2.45, 2.75) is 25.8 Å². The number of hydrogen-bond donors (Lipinski definition) is 0. The SMILES string of the molecule is FC(F)(F)c1cccc(Cn2cccc2CN(CCN2CCOCC2)Cc2ccccc2)c1. The van der Waals surface area contributed by atoms with Gasteiger partial charge in [-0.15, -0.1) is 0 Å². The molecule has 33 heavy (non-hydrogen) atoms. The Hall–Kier alpha value is -2.61. The summed E-state index contributed by atoms with van der Waals surface area (Å²) in [7, 11) is 0. The highest BCUT2D eigenvalue weighted by Crippen LogP contribution is 2.29. The molecule has 2 aromatic carbocycles. The Morgan fingerprint density at radius 3 is 2.36 bits per heavy atom. The summed E-state index contributed by atoms with van der Waals surface area (Å²) in [6.07, 6.45) is -2.39. The first kappa shape index (κ1) is 23.5. The van der Waals surface area contributed by atoms with E-state index < -0.39 is 11.7 Å². The molecule has 4 rings (SSSR count). The second kappa shape index (κ2) is 11.0. The summed E-state index contributed by atoms with van der Waals surface area (Å²) in [6.45, 7) is 7.28. The van der Waals surface area contributed by atoms with E-state index in [2.05, 4.69) is 28.0 Å². The summed E-state index contributed by atoms with van der Waals surface area (Å²) < 4.78 is 46.9. The minimum Gasteiger partial charge on any atom is -0.379 e. The van der Waals surface area contributed by atoms with Crippen LogP contribution in [0.2, 0.25) is 0 Å². The van der Waals surface area contributed by atoms with Crippen LogP contribution in [0.15, 0.2) is 72.9 Å². The predicted molar refractivity (Wildman–Crippen MR) is 123 cm³/mol. The van der Waals surface area contributed by atoms with Gasteiger partial charge in [0.2, 0.25) is 0 Å². The molecule has 4 nitrogen and oxygen atoms in total. The molecule has 1 saturated heterocycles. The molecule has 1 fully saturated rings. The van der Waals surface area contributed by atoms with Crippen molar-refractivity contribution >= 4 is 0 Å². The van der Waals surface area contributed by atoms with Crippen LogP contribution in [0.3, 0.4) is 0 Å². The molecule has 0 spiro atoms. The standard InChI is InChI=1S/C26H30F3N3O/c27-26(28,29)24-9-4-8-23(18-24)20-32-11-5-10-25(32)21-31(19-22-6-2-1-3-7-22)13-12-30-14-16-33-17-15-30/h1-11,18H,12-17,19-21H2. The van der Waals surface area contributed by atoms with Gasteiger partial charge in [0.15, 0.2) is 0 Å². The Morgan fingerprint density at radius 2 is 1.61 bits per heavy atom. The summed E-state index contributed by atoms with van der Waals surface area (Å²) in [5.41, 5.74) is 2.37. The van der Waals surface area contributed by atoms with Gasteiger partial charge in [-0.05, 0) is 35.4 Å². The average Bonchev–Trinajstić information content (AvgIpc) is 3.25. The second-order valence-electron chi connectivity index (χ2n) is 8.48. The Kier molecular flexibility index (Phi) is 7.85. The third-order valence-corrected chi connectivity index (χ3v) is 6.00. The summed E-state index contributed by atoms with van der Waals surface area (Å²) in [5.74, 6) is 0. The Labute approximate surface area is 193 Å². The van der Waals surface area contributed by atoms with Gasteiger partial charge in [-0.25, -0.2) is 0 Å². The van der Waals surface area contributed by atoms with Crippen LogP contribution < -0.4 is 0 Å². The lowest BCUT2D eigenvalue weighted by Crippen LogP contribution is -2.41. The highest BCUT2D eigenvalue weighted by atomic mass is 19.4. The molecule has 0 radical (unpaired) electrons. The average molecular weight is 458 g/mol. The molecule has 176 valence electrons. The van der Waals surface area contributed by atoms with Crippen LogP contribution in [0.25, 0.3) is 0 Å². The van der Waals surface area contributed by atoms with Crippen molar-refractivity contribution in [3.05, 3.63) is 95.3 Å². The maximum atomic E-state index is 13.1. The van der Waals surface area contributed by atoms with E-state index in [0.29, 0.717) is 12.1 Å². The fraction of sp³-hybridized carbons (Fsp3) is 0.385. The van der Waals surface area contributed by atoms with E-state index >= 15 is 0 Å². The Bertz CT molecular complexity index is 997. The van der Waals surface area contributed by atoms with E-state index in [0.717, 1.165) is 64.2 Å². The van der Waals surface area contributed by atoms with Gasteiger partial charge >= 0.3 is 6.18 Å². The maximum Gasteiger partial charge on any atom is 0.416 e. The fourth-order valence-corrected chi connectivity index (χ4v) is 4.18. The number of ether oxygens (including phenoxy) is 1. The third-order valence-electron chi connectivity index (χ3n) is 6.00. The predicted octanol–water partition coefficient (Wildman–Crippen LogP) is 4.89. The van der Waals surface area contributed by atoms with Gasteiger partial charge in [0.1, 0.15) is 0 Å². The highest BCUT2D eigenvalue weighted by Gasteiger charge is 2.30. The lowest BCUT2D eigenvalue weighted by molar-refractivity contribution is -0.137. The van der Waals surface area contributed by atoms with Crippen molar-refractivity contribution in [3.63, 3.8) is 0 Å². The molecule has 1 aromatic heterocycles. The number of morpholine rings is 1. The number of nitrogens with zero attached hydrogens (tertiary/aromatic N) is 3. The zero-order valence-electron chi connectivity index (χ0n) is 18.7. The van der Waals surface area contributed by atoms with Gasteiger partial charge in [0.05, 0.1) is 18.8 Å². The molecule has 1 aliphatic rings. The lowest BCUT2D eigenvalue weighted by Gasteiger charge is -2.30. The van der Waals surface area contributed by atoms with Crippen molar-refractivity contribution in [3.8, 4) is 0 Å². The topological polar surface area (TPSA) is 20.6 Å². The van der Waals surface area contributed by atoms with E-state index in [9.17, 15) is 13.2 Å². The first-order valence-corrected chi connectivity index (χ1v) is 11.3. The number of rotatable bonds is 9. The van der Waals surface area contributed by atoms with Gasteiger partial charge in [-0.2, -0.15) is 13.2 Å². The zero-order valence-corrected chi connectivity index (χ0v) is 18.7. The van der Waals surface area contributed by atoms with Crippen LogP contribution in [0.1, 0.15) is 22.4 Å². The van der Waals surface area contributed by atoms with E-state index in [1.807, 2.05) is 35.0 Å². The van der Waals surface area contributed by atoms with Crippen LogP contribution in [-0.2, 0) is 30.5 Å². The van der Waals surface area contributed by atoms with Gasteiger partial charge in [-0.1, -0.05) is 42.5 Å². The molecule has 0 bridgehead atoms. The summed E-state index contributed by atoms with van der Waals surface area (Å²) in [5, 5.41) is 0. The monoisotopic (exact) mass is 457 g/mol. The van der Waals surface area contributed by atoms with Crippen molar-refractivity contribution in [2.24, 2.45) is 0 Å².